The van der Waals surface area contributed by atoms with Crippen LogP contribution in [0.4, 0.5) is 0 Å². The lowest BCUT2D eigenvalue weighted by molar-refractivity contribution is -0.143. The zero-order chi connectivity index (χ0) is 20.3. The van der Waals surface area contributed by atoms with E-state index in [1.54, 1.807) is 4.57 Å². The highest BCUT2D eigenvalue weighted by molar-refractivity contribution is 8.00. The van der Waals surface area contributed by atoms with Gasteiger partial charge in [-0.25, -0.2) is 4.98 Å². The maximum atomic E-state index is 13.7. The minimum absolute atomic E-state index is 0.00366. The van der Waals surface area contributed by atoms with Gasteiger partial charge in [-0.15, -0.1) is 0 Å². The van der Waals surface area contributed by atoms with E-state index in [0.717, 1.165) is 37.0 Å². The normalized spacial score (nSPS) is 31.5. The van der Waals surface area contributed by atoms with E-state index < -0.39 is 0 Å². The Morgan fingerprint density at radius 1 is 1.07 bits per heavy atom. The number of nitrogens with zero attached hydrogens (tertiary/aromatic N) is 2. The van der Waals surface area contributed by atoms with Gasteiger partial charge in [-0.3, -0.25) is 14.2 Å². The highest BCUT2D eigenvalue weighted by atomic mass is 32.2. The summed E-state index contributed by atoms with van der Waals surface area (Å²) < 4.78 is 1.76. The van der Waals surface area contributed by atoms with E-state index in [1.807, 2.05) is 45.0 Å². The predicted molar refractivity (Wildman–Crippen MR) is 117 cm³/mol. The van der Waals surface area contributed by atoms with Crippen LogP contribution in [0.1, 0.15) is 65.3 Å². The van der Waals surface area contributed by atoms with E-state index in [1.165, 1.54) is 31.0 Å². The molecule has 1 unspecified atom stereocenters. The summed E-state index contributed by atoms with van der Waals surface area (Å²) in [5, 5.41) is 1.14. The molecule has 4 aliphatic carbocycles. The summed E-state index contributed by atoms with van der Waals surface area (Å²) in [5.74, 6) is 2.68. The van der Waals surface area contributed by atoms with Gasteiger partial charge in [0.05, 0.1) is 16.2 Å². The van der Waals surface area contributed by atoms with Crippen molar-refractivity contribution in [2.45, 2.75) is 75.7 Å². The number of thioether (sulfide) groups is 1. The summed E-state index contributed by atoms with van der Waals surface area (Å²) in [6.45, 7) is 6.04. The molecule has 1 atom stereocenters. The molecule has 0 radical (unpaired) electrons. The molecule has 1 aromatic carbocycles. The average molecular weight is 411 g/mol. The topological polar surface area (TPSA) is 52.0 Å². The minimum atomic E-state index is -0.177. The van der Waals surface area contributed by atoms with Crippen molar-refractivity contribution in [3.05, 3.63) is 34.6 Å². The number of ketones is 1. The molecule has 1 heterocycles. The average Bonchev–Trinajstić information content (AvgIpc) is 2.66. The Balaban J connectivity index is 1.47. The zero-order valence-corrected chi connectivity index (χ0v) is 18.4. The molecule has 0 amide bonds. The number of hydrogen-bond acceptors (Lipinski definition) is 4. The predicted octanol–water partition coefficient (Wildman–Crippen LogP) is 5.24. The Labute approximate surface area is 176 Å². The quantitative estimate of drug-likeness (QED) is 0.499. The third-order valence-electron chi connectivity index (χ3n) is 7.50. The van der Waals surface area contributed by atoms with Crippen molar-refractivity contribution in [3.8, 4) is 0 Å². The second-order valence-corrected chi connectivity index (χ2v) is 11.3. The molecule has 2 aromatic rings. The van der Waals surface area contributed by atoms with Crippen LogP contribution >= 0.6 is 11.8 Å². The van der Waals surface area contributed by atoms with Gasteiger partial charge in [0, 0.05) is 11.5 Å². The molecule has 4 aliphatic rings. The fraction of sp³-hybridized carbons (Fsp3) is 0.625. The van der Waals surface area contributed by atoms with Gasteiger partial charge in [-0.1, -0.05) is 23.9 Å². The Hall–Kier alpha value is -1.62. The Kier molecular flexibility index (Phi) is 4.65. The fourth-order valence-electron chi connectivity index (χ4n) is 6.72. The highest BCUT2D eigenvalue weighted by Crippen LogP contribution is 2.61. The van der Waals surface area contributed by atoms with Gasteiger partial charge < -0.3 is 0 Å². The number of carbonyl (C=O) groups is 1. The van der Waals surface area contributed by atoms with Crippen molar-refractivity contribution in [2.75, 3.05) is 0 Å². The Morgan fingerprint density at radius 3 is 2.24 bits per heavy atom. The van der Waals surface area contributed by atoms with Gasteiger partial charge in [0.15, 0.2) is 10.9 Å². The minimum Gasteiger partial charge on any atom is -0.298 e. The summed E-state index contributed by atoms with van der Waals surface area (Å²) in [6, 6.07) is 7.51. The monoisotopic (exact) mass is 410 g/mol. The molecule has 6 rings (SSSR count). The molecule has 1 aromatic heterocycles. The van der Waals surface area contributed by atoms with E-state index >= 15 is 0 Å². The van der Waals surface area contributed by atoms with E-state index in [9.17, 15) is 9.59 Å². The number of fused-ring (bicyclic) bond motifs is 1. The van der Waals surface area contributed by atoms with Gasteiger partial charge in [-0.2, -0.15) is 0 Å². The lowest BCUT2D eigenvalue weighted by Gasteiger charge is -2.56. The van der Waals surface area contributed by atoms with Crippen LogP contribution < -0.4 is 5.56 Å². The molecule has 4 fully saturated rings. The number of hydrogen-bond donors (Lipinski definition) is 0. The molecular weight excluding hydrogens is 380 g/mol. The van der Waals surface area contributed by atoms with Crippen LogP contribution in [-0.2, 0) is 4.79 Å². The molecule has 4 saturated carbocycles. The molecule has 154 valence electrons. The number of aromatic nitrogens is 2. The van der Waals surface area contributed by atoms with Crippen LogP contribution in [0.3, 0.4) is 0 Å². The van der Waals surface area contributed by atoms with E-state index in [4.69, 9.17) is 4.98 Å². The number of benzene rings is 1. The summed E-state index contributed by atoms with van der Waals surface area (Å²) in [6.07, 6.45) is 7.29. The molecule has 0 aliphatic heterocycles. The maximum absolute atomic E-state index is 13.7. The third-order valence-corrected chi connectivity index (χ3v) is 8.57. The number of rotatable bonds is 5. The number of para-hydroxylation sites is 1. The van der Waals surface area contributed by atoms with Crippen LogP contribution in [0.15, 0.2) is 34.2 Å². The third kappa shape index (κ3) is 3.17. The van der Waals surface area contributed by atoms with E-state index in [0.29, 0.717) is 21.8 Å². The molecule has 29 heavy (non-hydrogen) atoms. The van der Waals surface area contributed by atoms with Crippen LogP contribution in [0.5, 0.6) is 0 Å². The van der Waals surface area contributed by atoms with Crippen molar-refractivity contribution >= 4 is 28.4 Å². The second-order valence-electron chi connectivity index (χ2n) is 10.0. The van der Waals surface area contributed by atoms with Crippen LogP contribution in [0, 0.1) is 23.2 Å². The van der Waals surface area contributed by atoms with Crippen molar-refractivity contribution in [1.82, 2.24) is 9.55 Å². The van der Waals surface area contributed by atoms with Gasteiger partial charge in [0.1, 0.15) is 0 Å². The standard InChI is InChI=1S/C24H30N2O2S/c1-14(2)26-22(28)19-6-4-5-7-20(19)25-23(26)29-15(3)21(27)24-11-16-8-17(12-24)10-18(9-16)13-24/h4-7,14-18H,8-13H2,1-3H3. The molecule has 0 N–H and O–H groups in total. The number of Topliss-reactive ketones (excluding diaryl/α,β-unsaturated/α-hetero) is 1. The first-order chi connectivity index (χ1) is 13.9. The molecule has 4 nitrogen and oxygen atoms in total. The largest absolute Gasteiger partial charge is 0.298 e. The summed E-state index contributed by atoms with van der Waals surface area (Å²) >= 11 is 1.49. The Bertz CT molecular complexity index is 990. The van der Waals surface area contributed by atoms with Gasteiger partial charge in [0.25, 0.3) is 5.56 Å². The highest BCUT2D eigenvalue weighted by Gasteiger charge is 2.55. The van der Waals surface area contributed by atoms with Crippen LogP contribution in [0.2, 0.25) is 0 Å². The first-order valence-corrected chi connectivity index (χ1v) is 12.0. The van der Waals surface area contributed by atoms with E-state index in [-0.39, 0.29) is 22.3 Å². The molecule has 0 saturated heterocycles. The van der Waals surface area contributed by atoms with Gasteiger partial charge >= 0.3 is 0 Å². The zero-order valence-electron chi connectivity index (χ0n) is 17.6. The first-order valence-electron chi connectivity index (χ1n) is 11.1. The first kappa shape index (κ1) is 19.3. The smallest absolute Gasteiger partial charge is 0.262 e. The molecule has 4 bridgehead atoms. The lowest BCUT2D eigenvalue weighted by Crippen LogP contribution is -2.51. The van der Waals surface area contributed by atoms with Crippen molar-refractivity contribution in [1.29, 1.82) is 0 Å². The second kappa shape index (κ2) is 6.97. The SMILES string of the molecule is CC(Sc1nc2ccccc2c(=O)n1C(C)C)C(=O)C12CC3CC(CC(C3)C1)C2. The van der Waals surface area contributed by atoms with Crippen molar-refractivity contribution in [3.63, 3.8) is 0 Å². The van der Waals surface area contributed by atoms with Crippen LogP contribution in [0.25, 0.3) is 10.9 Å². The van der Waals surface area contributed by atoms with Crippen molar-refractivity contribution in [2.24, 2.45) is 23.2 Å². The number of carbonyl (C=O) groups excluding carboxylic acids is 1. The van der Waals surface area contributed by atoms with E-state index in [2.05, 4.69) is 0 Å². The molecular formula is C24H30N2O2S. The summed E-state index contributed by atoms with van der Waals surface area (Å²) in [7, 11) is 0. The van der Waals surface area contributed by atoms with Crippen molar-refractivity contribution < 1.29 is 4.79 Å². The van der Waals surface area contributed by atoms with Crippen LogP contribution in [-0.4, -0.2) is 20.6 Å². The Morgan fingerprint density at radius 2 is 1.66 bits per heavy atom. The van der Waals surface area contributed by atoms with Gasteiger partial charge in [0.2, 0.25) is 0 Å². The summed E-state index contributed by atoms with van der Waals surface area (Å²) in [4.78, 5) is 31.6. The molecule has 0 spiro atoms. The van der Waals surface area contributed by atoms with Gasteiger partial charge in [-0.05, 0) is 89.2 Å². The lowest BCUT2D eigenvalue weighted by atomic mass is 9.48. The summed E-state index contributed by atoms with van der Waals surface area (Å²) in [5.41, 5.74) is 0.593. The molecule has 5 heteroatoms. The fourth-order valence-corrected chi connectivity index (χ4v) is 7.95. The maximum Gasteiger partial charge on any atom is 0.262 e.